The Morgan fingerprint density at radius 3 is 2.48 bits per heavy atom. The molecule has 8 nitrogen and oxygen atoms in total. The zero-order valence-corrected chi connectivity index (χ0v) is 18.9. The number of imidazole rings is 1. The first-order valence-corrected chi connectivity index (χ1v) is 10.6. The summed E-state index contributed by atoms with van der Waals surface area (Å²) in [5, 5.41) is 2.91. The SMILES string of the molecule is COc1ccc(Cn2c(CCC(=O)Nc3ccc(OC)c(OC)c3)nc3cccnc32)cc1. The van der Waals surface area contributed by atoms with Crippen molar-refractivity contribution in [1.82, 2.24) is 14.5 Å². The molecule has 8 heteroatoms. The van der Waals surface area contributed by atoms with Gasteiger partial charge < -0.3 is 24.1 Å². The van der Waals surface area contributed by atoms with Crippen LogP contribution < -0.4 is 19.5 Å². The Kier molecular flexibility index (Phi) is 6.73. The Labute approximate surface area is 192 Å². The fourth-order valence-electron chi connectivity index (χ4n) is 3.64. The van der Waals surface area contributed by atoms with Crippen LogP contribution in [0, 0.1) is 0 Å². The van der Waals surface area contributed by atoms with E-state index in [0.29, 0.717) is 30.2 Å². The van der Waals surface area contributed by atoms with Crippen molar-refractivity contribution in [3.05, 3.63) is 72.2 Å². The Morgan fingerprint density at radius 1 is 0.970 bits per heavy atom. The topological polar surface area (TPSA) is 87.5 Å². The first-order valence-electron chi connectivity index (χ1n) is 10.6. The standard InChI is InChI=1S/C25H26N4O4/c1-31-19-9-6-17(7-10-19)16-29-23(28-20-5-4-14-26-25(20)29)12-13-24(30)27-18-8-11-21(32-2)22(15-18)33-3/h4-11,14-15H,12-13,16H2,1-3H3,(H,27,30). The minimum absolute atomic E-state index is 0.113. The van der Waals surface area contributed by atoms with Crippen molar-refractivity contribution >= 4 is 22.8 Å². The molecule has 170 valence electrons. The molecule has 2 aromatic carbocycles. The number of rotatable bonds is 9. The van der Waals surface area contributed by atoms with Crippen molar-refractivity contribution in [1.29, 1.82) is 0 Å². The number of carbonyl (C=O) groups is 1. The molecule has 1 N–H and O–H groups in total. The molecule has 0 saturated heterocycles. The van der Waals surface area contributed by atoms with Gasteiger partial charge in [0.05, 0.1) is 27.9 Å². The number of amides is 1. The third-order valence-corrected chi connectivity index (χ3v) is 5.33. The Balaban J connectivity index is 1.50. The Bertz CT molecular complexity index is 1250. The third-order valence-electron chi connectivity index (χ3n) is 5.33. The van der Waals surface area contributed by atoms with Crippen molar-refractivity contribution in [2.24, 2.45) is 0 Å². The summed E-state index contributed by atoms with van der Waals surface area (Å²) in [4.78, 5) is 21.9. The lowest BCUT2D eigenvalue weighted by atomic mass is 10.2. The number of benzene rings is 2. The largest absolute Gasteiger partial charge is 0.497 e. The van der Waals surface area contributed by atoms with E-state index in [-0.39, 0.29) is 12.3 Å². The number of carbonyl (C=O) groups excluding carboxylic acids is 1. The average molecular weight is 447 g/mol. The van der Waals surface area contributed by atoms with E-state index in [2.05, 4.69) is 14.9 Å². The van der Waals surface area contributed by atoms with Crippen LogP contribution in [0.15, 0.2) is 60.8 Å². The van der Waals surface area contributed by atoms with E-state index >= 15 is 0 Å². The second kappa shape index (κ2) is 10.0. The third kappa shape index (κ3) is 5.06. The van der Waals surface area contributed by atoms with E-state index in [4.69, 9.17) is 19.2 Å². The number of anilines is 1. The molecular weight excluding hydrogens is 420 g/mol. The van der Waals surface area contributed by atoms with Crippen molar-refractivity contribution in [2.45, 2.75) is 19.4 Å². The van der Waals surface area contributed by atoms with Crippen LogP contribution in [0.25, 0.3) is 11.2 Å². The average Bonchev–Trinajstić information content (AvgIpc) is 3.20. The van der Waals surface area contributed by atoms with Crippen molar-refractivity contribution in [3.63, 3.8) is 0 Å². The maximum atomic E-state index is 12.6. The number of hydrogen-bond acceptors (Lipinski definition) is 6. The van der Waals surface area contributed by atoms with Gasteiger partial charge in [-0.25, -0.2) is 9.97 Å². The number of fused-ring (bicyclic) bond motifs is 1. The van der Waals surface area contributed by atoms with E-state index in [1.165, 1.54) is 0 Å². The summed E-state index contributed by atoms with van der Waals surface area (Å²) in [5.41, 5.74) is 3.34. The van der Waals surface area contributed by atoms with Gasteiger partial charge in [0, 0.05) is 30.8 Å². The molecule has 4 rings (SSSR count). The molecule has 0 saturated carbocycles. The Morgan fingerprint density at radius 2 is 1.76 bits per heavy atom. The first kappa shape index (κ1) is 22.1. The molecule has 2 heterocycles. The molecular formula is C25H26N4O4. The van der Waals surface area contributed by atoms with Crippen LogP contribution in [-0.2, 0) is 17.8 Å². The van der Waals surface area contributed by atoms with Gasteiger partial charge in [-0.15, -0.1) is 0 Å². The molecule has 33 heavy (non-hydrogen) atoms. The summed E-state index contributed by atoms with van der Waals surface area (Å²) in [5.74, 6) is 2.66. The van der Waals surface area contributed by atoms with Crippen LogP contribution in [0.2, 0.25) is 0 Å². The highest BCUT2D eigenvalue weighted by atomic mass is 16.5. The predicted octanol–water partition coefficient (Wildman–Crippen LogP) is 4.08. The highest BCUT2D eigenvalue weighted by molar-refractivity contribution is 5.91. The summed E-state index contributed by atoms with van der Waals surface area (Å²) in [6.45, 7) is 0.601. The van der Waals surface area contributed by atoms with Gasteiger partial charge in [0.25, 0.3) is 0 Å². The van der Waals surface area contributed by atoms with Crippen molar-refractivity contribution < 1.29 is 19.0 Å². The minimum atomic E-state index is -0.113. The number of aromatic nitrogens is 3. The van der Waals surface area contributed by atoms with Gasteiger partial charge in [-0.05, 0) is 42.0 Å². The monoisotopic (exact) mass is 446 g/mol. The predicted molar refractivity (Wildman–Crippen MR) is 126 cm³/mol. The molecule has 0 unspecified atom stereocenters. The van der Waals surface area contributed by atoms with Gasteiger partial charge in [-0.3, -0.25) is 4.79 Å². The maximum Gasteiger partial charge on any atom is 0.224 e. The highest BCUT2D eigenvalue weighted by Crippen LogP contribution is 2.29. The van der Waals surface area contributed by atoms with Crippen LogP contribution in [0.3, 0.4) is 0 Å². The molecule has 1 amide bonds. The normalized spacial score (nSPS) is 10.8. The second-order valence-electron chi connectivity index (χ2n) is 7.43. The van der Waals surface area contributed by atoms with Gasteiger partial charge in [-0.2, -0.15) is 0 Å². The summed E-state index contributed by atoms with van der Waals surface area (Å²) in [6, 6.07) is 17.0. The molecule has 2 aromatic heterocycles. The summed E-state index contributed by atoms with van der Waals surface area (Å²) < 4.78 is 17.9. The van der Waals surface area contributed by atoms with Gasteiger partial charge in [0.15, 0.2) is 17.1 Å². The van der Waals surface area contributed by atoms with Crippen molar-refractivity contribution in [2.75, 3.05) is 26.6 Å². The van der Waals surface area contributed by atoms with E-state index < -0.39 is 0 Å². The number of nitrogens with zero attached hydrogens (tertiary/aromatic N) is 3. The van der Waals surface area contributed by atoms with Crippen LogP contribution in [-0.4, -0.2) is 41.8 Å². The number of methoxy groups -OCH3 is 3. The number of nitrogens with one attached hydrogen (secondary N) is 1. The molecule has 0 atom stereocenters. The molecule has 0 spiro atoms. The van der Waals surface area contributed by atoms with E-state index in [0.717, 1.165) is 28.3 Å². The van der Waals surface area contributed by atoms with Gasteiger partial charge >= 0.3 is 0 Å². The molecule has 0 bridgehead atoms. The first-order chi connectivity index (χ1) is 16.1. The summed E-state index contributed by atoms with van der Waals surface area (Å²) in [7, 11) is 4.78. The van der Waals surface area contributed by atoms with Gasteiger partial charge in [0.2, 0.25) is 5.91 Å². The molecule has 0 radical (unpaired) electrons. The molecule has 0 aliphatic rings. The lowest BCUT2D eigenvalue weighted by Crippen LogP contribution is -2.14. The minimum Gasteiger partial charge on any atom is -0.497 e. The summed E-state index contributed by atoms with van der Waals surface area (Å²) >= 11 is 0. The molecule has 4 aromatic rings. The van der Waals surface area contributed by atoms with Crippen LogP contribution in [0.5, 0.6) is 17.2 Å². The molecule has 0 aliphatic carbocycles. The quantitative estimate of drug-likeness (QED) is 0.417. The van der Waals surface area contributed by atoms with Gasteiger partial charge in [0.1, 0.15) is 17.1 Å². The molecule has 0 fully saturated rings. The second-order valence-corrected chi connectivity index (χ2v) is 7.43. The number of aryl methyl sites for hydroxylation is 1. The van der Waals surface area contributed by atoms with Crippen LogP contribution in [0.1, 0.15) is 17.8 Å². The summed E-state index contributed by atoms with van der Waals surface area (Å²) in [6.07, 6.45) is 2.51. The zero-order chi connectivity index (χ0) is 23.2. The van der Waals surface area contributed by atoms with Crippen molar-refractivity contribution in [3.8, 4) is 17.2 Å². The van der Waals surface area contributed by atoms with E-state index in [1.807, 2.05) is 36.4 Å². The maximum absolute atomic E-state index is 12.6. The van der Waals surface area contributed by atoms with E-state index in [1.54, 1.807) is 45.7 Å². The fraction of sp³-hybridized carbons (Fsp3) is 0.240. The smallest absolute Gasteiger partial charge is 0.224 e. The highest BCUT2D eigenvalue weighted by Gasteiger charge is 2.14. The molecule has 0 aliphatic heterocycles. The van der Waals surface area contributed by atoms with Crippen LogP contribution >= 0.6 is 0 Å². The van der Waals surface area contributed by atoms with Gasteiger partial charge in [-0.1, -0.05) is 12.1 Å². The number of pyridine rings is 1. The Hall–Kier alpha value is -4.07. The van der Waals surface area contributed by atoms with E-state index in [9.17, 15) is 4.79 Å². The number of ether oxygens (including phenoxy) is 3. The van der Waals surface area contributed by atoms with Crippen LogP contribution in [0.4, 0.5) is 5.69 Å². The fourth-order valence-corrected chi connectivity index (χ4v) is 3.64. The lowest BCUT2D eigenvalue weighted by molar-refractivity contribution is -0.116. The number of hydrogen-bond donors (Lipinski definition) is 1. The zero-order valence-electron chi connectivity index (χ0n) is 18.9. The lowest BCUT2D eigenvalue weighted by Gasteiger charge is -2.11.